The van der Waals surface area contributed by atoms with Gasteiger partial charge in [-0.1, -0.05) is 25.3 Å². The molecule has 2 aromatic carbocycles. The number of hydrogen-bond acceptors (Lipinski definition) is 6. The van der Waals surface area contributed by atoms with Crippen LogP contribution in [0.1, 0.15) is 35.7 Å². The number of hydrogen-bond donors (Lipinski definition) is 0. The van der Waals surface area contributed by atoms with Gasteiger partial charge in [0.1, 0.15) is 17.1 Å². The molecule has 29 heavy (non-hydrogen) atoms. The lowest BCUT2D eigenvalue weighted by atomic mass is 10.0. The summed E-state index contributed by atoms with van der Waals surface area (Å²) in [5.74, 6) is 3.08. The highest BCUT2D eigenvalue weighted by Crippen LogP contribution is 2.34. The topological polar surface area (TPSA) is 63.2 Å². The van der Waals surface area contributed by atoms with Crippen molar-refractivity contribution in [3.05, 3.63) is 47.5 Å². The fraction of sp³-hybridized carbons (Fsp3) is 0.348. The smallest absolute Gasteiger partial charge is 0.341 e. The summed E-state index contributed by atoms with van der Waals surface area (Å²) < 4.78 is 26.6. The molecule has 154 valence electrons. The molecule has 0 unspecified atom stereocenters. The normalized spacial score (nSPS) is 10.3. The maximum atomic E-state index is 12.4. The first kappa shape index (κ1) is 22.3. The Kier molecular flexibility index (Phi) is 9.03. The van der Waals surface area contributed by atoms with E-state index in [1.165, 1.54) is 7.11 Å². The third kappa shape index (κ3) is 6.24. The van der Waals surface area contributed by atoms with Crippen molar-refractivity contribution in [3.8, 4) is 35.0 Å². The minimum Gasteiger partial charge on any atom is -0.467 e. The average Bonchev–Trinajstić information content (AvgIpc) is 2.75. The maximum Gasteiger partial charge on any atom is 0.341 e. The second kappa shape index (κ2) is 11.7. The molecule has 0 N–H and O–H groups in total. The fourth-order valence-electron chi connectivity index (χ4n) is 2.58. The molecule has 0 aliphatic heterocycles. The van der Waals surface area contributed by atoms with E-state index >= 15 is 0 Å². The van der Waals surface area contributed by atoms with E-state index in [-0.39, 0.29) is 13.6 Å². The van der Waals surface area contributed by atoms with E-state index in [1.807, 2.05) is 19.1 Å². The summed E-state index contributed by atoms with van der Waals surface area (Å²) in [6.07, 6.45) is 7.24. The zero-order valence-corrected chi connectivity index (χ0v) is 17.0. The first-order valence-electron chi connectivity index (χ1n) is 9.30. The van der Waals surface area contributed by atoms with Crippen LogP contribution in [0.3, 0.4) is 0 Å². The molecule has 0 atom stereocenters. The molecule has 0 saturated heterocycles. The van der Waals surface area contributed by atoms with Crippen molar-refractivity contribution in [1.29, 1.82) is 0 Å². The van der Waals surface area contributed by atoms with Gasteiger partial charge in [-0.15, -0.1) is 6.42 Å². The van der Waals surface area contributed by atoms with Crippen LogP contribution < -0.4 is 9.47 Å². The van der Waals surface area contributed by atoms with E-state index in [1.54, 1.807) is 31.4 Å². The zero-order chi connectivity index (χ0) is 21.1. The third-order valence-corrected chi connectivity index (χ3v) is 4.06. The Morgan fingerprint density at radius 3 is 2.38 bits per heavy atom. The van der Waals surface area contributed by atoms with Crippen molar-refractivity contribution in [2.75, 3.05) is 34.4 Å². The summed E-state index contributed by atoms with van der Waals surface area (Å²) >= 11 is 0. The van der Waals surface area contributed by atoms with Crippen LogP contribution >= 0.6 is 0 Å². The van der Waals surface area contributed by atoms with E-state index in [0.717, 1.165) is 24.0 Å². The number of carbonyl (C=O) groups excluding carboxylic acids is 1. The average molecular weight is 398 g/mol. The van der Waals surface area contributed by atoms with E-state index in [9.17, 15) is 4.79 Å². The number of rotatable bonds is 11. The molecule has 0 bridgehead atoms. The summed E-state index contributed by atoms with van der Waals surface area (Å²) in [6.45, 7) is 2.48. The van der Waals surface area contributed by atoms with Gasteiger partial charge >= 0.3 is 5.97 Å². The SMILES string of the molecule is C#Cc1ccc(-c2ccc(C(=O)OCCCC)c(OCOC)c2)c(OCOC)c1. The molecule has 0 amide bonds. The molecule has 2 rings (SSSR count). The molecule has 2 aromatic rings. The van der Waals surface area contributed by atoms with Gasteiger partial charge in [0.2, 0.25) is 0 Å². The first-order valence-corrected chi connectivity index (χ1v) is 9.30. The molecule has 0 aliphatic rings. The minimum atomic E-state index is -0.436. The number of esters is 1. The fourth-order valence-corrected chi connectivity index (χ4v) is 2.58. The number of methoxy groups -OCH3 is 2. The summed E-state index contributed by atoms with van der Waals surface area (Å²) in [5.41, 5.74) is 2.60. The first-order chi connectivity index (χ1) is 14.1. The highest BCUT2D eigenvalue weighted by atomic mass is 16.7. The molecule has 0 heterocycles. The Morgan fingerprint density at radius 1 is 1.00 bits per heavy atom. The Labute approximate surface area is 171 Å². The van der Waals surface area contributed by atoms with Crippen LogP contribution in [0.25, 0.3) is 11.1 Å². The van der Waals surface area contributed by atoms with Gasteiger partial charge < -0.3 is 23.7 Å². The predicted octanol–water partition coefficient (Wildman–Crippen LogP) is 4.26. The highest BCUT2D eigenvalue weighted by molar-refractivity contribution is 5.93. The van der Waals surface area contributed by atoms with Gasteiger partial charge in [0.15, 0.2) is 13.6 Å². The second-order valence-electron chi connectivity index (χ2n) is 6.16. The van der Waals surface area contributed by atoms with Gasteiger partial charge in [0.05, 0.1) is 6.61 Å². The number of carbonyl (C=O) groups is 1. The Hall–Kier alpha value is -3.01. The lowest BCUT2D eigenvalue weighted by molar-refractivity contribution is 0.0425. The second-order valence-corrected chi connectivity index (χ2v) is 6.16. The van der Waals surface area contributed by atoms with Gasteiger partial charge in [0.25, 0.3) is 0 Å². The Morgan fingerprint density at radius 2 is 1.72 bits per heavy atom. The van der Waals surface area contributed by atoms with Crippen LogP contribution in [0.4, 0.5) is 0 Å². The third-order valence-electron chi connectivity index (χ3n) is 4.06. The minimum absolute atomic E-state index is 0.00174. The van der Waals surface area contributed by atoms with Gasteiger partial charge in [0, 0.05) is 25.3 Å². The monoisotopic (exact) mass is 398 g/mol. The molecule has 0 radical (unpaired) electrons. The van der Waals surface area contributed by atoms with Crippen LogP contribution in [0.5, 0.6) is 11.5 Å². The van der Waals surface area contributed by atoms with Crippen molar-refractivity contribution in [2.24, 2.45) is 0 Å². The van der Waals surface area contributed by atoms with Crippen molar-refractivity contribution < 1.29 is 28.5 Å². The molecule has 0 aromatic heterocycles. The maximum absolute atomic E-state index is 12.4. The van der Waals surface area contributed by atoms with Crippen LogP contribution in [-0.2, 0) is 14.2 Å². The van der Waals surface area contributed by atoms with E-state index < -0.39 is 5.97 Å². The zero-order valence-electron chi connectivity index (χ0n) is 17.0. The lowest BCUT2D eigenvalue weighted by Crippen LogP contribution is -2.10. The van der Waals surface area contributed by atoms with Crippen molar-refractivity contribution >= 4 is 5.97 Å². The molecular formula is C23H26O6. The largest absolute Gasteiger partial charge is 0.467 e. The number of ether oxygens (including phenoxy) is 5. The molecule has 6 nitrogen and oxygen atoms in total. The Balaban J connectivity index is 2.41. The van der Waals surface area contributed by atoms with Crippen molar-refractivity contribution in [2.45, 2.75) is 19.8 Å². The van der Waals surface area contributed by atoms with Crippen LogP contribution in [-0.4, -0.2) is 40.4 Å². The van der Waals surface area contributed by atoms with Crippen LogP contribution in [0.2, 0.25) is 0 Å². The van der Waals surface area contributed by atoms with Crippen LogP contribution in [0, 0.1) is 12.3 Å². The van der Waals surface area contributed by atoms with E-state index in [2.05, 4.69) is 5.92 Å². The van der Waals surface area contributed by atoms with Crippen molar-refractivity contribution in [1.82, 2.24) is 0 Å². The van der Waals surface area contributed by atoms with E-state index in [4.69, 9.17) is 30.1 Å². The summed E-state index contributed by atoms with van der Waals surface area (Å²) in [6, 6.07) is 10.7. The van der Waals surface area contributed by atoms with Gasteiger partial charge in [-0.05, 0) is 42.3 Å². The quantitative estimate of drug-likeness (QED) is 0.244. The van der Waals surface area contributed by atoms with Gasteiger partial charge in [-0.2, -0.15) is 0 Å². The lowest BCUT2D eigenvalue weighted by Gasteiger charge is -2.15. The molecule has 0 aliphatic carbocycles. The summed E-state index contributed by atoms with van der Waals surface area (Å²) in [7, 11) is 3.05. The number of terminal acetylenes is 1. The molecule has 0 spiro atoms. The predicted molar refractivity (Wildman–Crippen MR) is 110 cm³/mol. The van der Waals surface area contributed by atoms with Crippen LogP contribution in [0.15, 0.2) is 36.4 Å². The molecule has 0 fully saturated rings. The summed E-state index contributed by atoms with van der Waals surface area (Å²) in [4.78, 5) is 12.4. The highest BCUT2D eigenvalue weighted by Gasteiger charge is 2.17. The van der Waals surface area contributed by atoms with Crippen molar-refractivity contribution in [3.63, 3.8) is 0 Å². The molecular weight excluding hydrogens is 372 g/mol. The summed E-state index contributed by atoms with van der Waals surface area (Å²) in [5, 5.41) is 0. The Bertz CT molecular complexity index is 853. The standard InChI is InChI=1S/C23H26O6/c1-5-7-12-27-23(24)20-11-9-18(14-22(20)29-16-26-4)19-10-8-17(6-2)13-21(19)28-15-25-3/h2,8-11,13-14H,5,7,12,15-16H2,1,3-4H3. The van der Waals surface area contributed by atoms with Gasteiger partial charge in [-0.25, -0.2) is 4.79 Å². The molecule has 6 heteroatoms. The van der Waals surface area contributed by atoms with E-state index in [0.29, 0.717) is 29.2 Å². The number of benzene rings is 2. The number of unbranched alkanes of at least 4 members (excludes halogenated alkanes) is 1. The van der Waals surface area contributed by atoms with Gasteiger partial charge in [-0.3, -0.25) is 0 Å². The molecule has 0 saturated carbocycles.